The fraction of sp³-hybridized carbons (Fsp3) is 0.923. The number of carboxylic acid groups (broad SMARTS) is 1. The Kier molecular flexibility index (Phi) is 4.36. The highest BCUT2D eigenvalue weighted by Gasteiger charge is 2.48. The molecule has 0 aromatic heterocycles. The van der Waals surface area contributed by atoms with Gasteiger partial charge in [-0.2, -0.15) is 0 Å². The molecule has 0 aromatic rings. The lowest BCUT2D eigenvalue weighted by atomic mass is 9.89. The zero-order chi connectivity index (χ0) is 12.3. The Bertz CT molecular complexity index is 254. The molecule has 16 heavy (non-hydrogen) atoms. The lowest BCUT2D eigenvalue weighted by molar-refractivity contribution is -0.152. The topological polar surface area (TPSA) is 40.5 Å². The van der Waals surface area contributed by atoms with E-state index in [1.165, 1.54) is 0 Å². The average molecular weight is 227 g/mol. The Balaban J connectivity index is 2.90. The summed E-state index contributed by atoms with van der Waals surface area (Å²) >= 11 is 0. The number of hydrogen-bond acceptors (Lipinski definition) is 2. The lowest BCUT2D eigenvalue weighted by Crippen LogP contribution is -2.55. The highest BCUT2D eigenvalue weighted by atomic mass is 16.4. The fourth-order valence-corrected chi connectivity index (χ4v) is 2.90. The Hall–Kier alpha value is -0.570. The molecule has 0 bridgehead atoms. The van der Waals surface area contributed by atoms with Gasteiger partial charge in [-0.1, -0.05) is 27.2 Å². The van der Waals surface area contributed by atoms with Crippen molar-refractivity contribution in [3.05, 3.63) is 0 Å². The summed E-state index contributed by atoms with van der Waals surface area (Å²) in [6.45, 7) is 9.49. The molecule has 0 saturated carbocycles. The summed E-state index contributed by atoms with van der Waals surface area (Å²) in [5.41, 5.74) is -0.594. The molecule has 1 saturated heterocycles. The largest absolute Gasteiger partial charge is 0.480 e. The summed E-state index contributed by atoms with van der Waals surface area (Å²) in [4.78, 5) is 13.8. The zero-order valence-electron chi connectivity index (χ0n) is 11.0. The summed E-state index contributed by atoms with van der Waals surface area (Å²) in [5.74, 6) is -0.0778. The maximum Gasteiger partial charge on any atom is 0.324 e. The van der Waals surface area contributed by atoms with E-state index >= 15 is 0 Å². The molecule has 3 unspecified atom stereocenters. The van der Waals surface area contributed by atoms with E-state index in [2.05, 4.69) is 25.7 Å². The predicted octanol–water partition coefficient (Wildman–Crippen LogP) is 2.75. The molecule has 1 rings (SSSR count). The molecule has 0 aromatic carbocycles. The molecular formula is C13H25NO2. The molecule has 0 aliphatic carbocycles. The van der Waals surface area contributed by atoms with Gasteiger partial charge in [0.1, 0.15) is 5.54 Å². The smallest absolute Gasteiger partial charge is 0.324 e. The number of aliphatic carboxylic acids is 1. The number of carbonyl (C=O) groups is 1. The first kappa shape index (κ1) is 13.5. The molecule has 1 fully saturated rings. The third-order valence-corrected chi connectivity index (χ3v) is 4.48. The number of hydrogen-bond donors (Lipinski definition) is 1. The van der Waals surface area contributed by atoms with E-state index in [0.717, 1.165) is 25.8 Å². The minimum absolute atomic E-state index is 0.364. The van der Waals surface area contributed by atoms with Crippen molar-refractivity contribution in [2.24, 2.45) is 5.92 Å². The van der Waals surface area contributed by atoms with Crippen LogP contribution in [0.1, 0.15) is 53.4 Å². The minimum atomic E-state index is -0.636. The van der Waals surface area contributed by atoms with Crippen molar-refractivity contribution >= 4 is 5.97 Å². The van der Waals surface area contributed by atoms with Crippen LogP contribution in [-0.4, -0.2) is 34.1 Å². The third kappa shape index (κ3) is 2.10. The molecular weight excluding hydrogens is 202 g/mol. The summed E-state index contributed by atoms with van der Waals surface area (Å²) < 4.78 is 0. The first-order valence-corrected chi connectivity index (χ1v) is 6.49. The average Bonchev–Trinajstić information content (AvgIpc) is 2.71. The monoisotopic (exact) mass is 227 g/mol. The maximum atomic E-state index is 11.5. The van der Waals surface area contributed by atoms with Crippen molar-refractivity contribution in [3.63, 3.8) is 0 Å². The van der Waals surface area contributed by atoms with E-state index in [4.69, 9.17) is 0 Å². The molecule has 3 nitrogen and oxygen atoms in total. The molecule has 1 heterocycles. The van der Waals surface area contributed by atoms with E-state index in [1.54, 1.807) is 0 Å². The Morgan fingerprint density at radius 1 is 1.44 bits per heavy atom. The highest BCUT2D eigenvalue weighted by Crippen LogP contribution is 2.36. The Morgan fingerprint density at radius 2 is 2.06 bits per heavy atom. The minimum Gasteiger partial charge on any atom is -0.480 e. The van der Waals surface area contributed by atoms with Crippen molar-refractivity contribution in [1.82, 2.24) is 4.90 Å². The van der Waals surface area contributed by atoms with Gasteiger partial charge in [-0.3, -0.25) is 9.69 Å². The first-order valence-electron chi connectivity index (χ1n) is 6.49. The van der Waals surface area contributed by atoms with E-state index in [-0.39, 0.29) is 0 Å². The molecule has 0 amide bonds. The SMILES string of the molecule is CCC(C)C(C)N1CCCC1(CC)C(=O)O. The normalized spacial score (nSPS) is 30.2. The van der Waals surface area contributed by atoms with Crippen LogP contribution >= 0.6 is 0 Å². The van der Waals surface area contributed by atoms with E-state index in [9.17, 15) is 9.90 Å². The van der Waals surface area contributed by atoms with Crippen molar-refractivity contribution in [1.29, 1.82) is 0 Å². The van der Waals surface area contributed by atoms with Gasteiger partial charge in [-0.05, 0) is 38.6 Å². The van der Waals surface area contributed by atoms with Gasteiger partial charge in [0.2, 0.25) is 0 Å². The Labute approximate surface area is 98.8 Å². The van der Waals surface area contributed by atoms with Crippen LogP contribution in [0.3, 0.4) is 0 Å². The lowest BCUT2D eigenvalue weighted by Gasteiger charge is -2.40. The van der Waals surface area contributed by atoms with Gasteiger partial charge in [-0.15, -0.1) is 0 Å². The van der Waals surface area contributed by atoms with Crippen LogP contribution in [-0.2, 0) is 4.79 Å². The number of likely N-dealkylation sites (tertiary alicyclic amines) is 1. The fourth-order valence-electron chi connectivity index (χ4n) is 2.90. The van der Waals surface area contributed by atoms with Crippen LogP contribution in [0.4, 0.5) is 0 Å². The number of nitrogens with zero attached hydrogens (tertiary/aromatic N) is 1. The van der Waals surface area contributed by atoms with Crippen LogP contribution in [0.2, 0.25) is 0 Å². The van der Waals surface area contributed by atoms with Gasteiger partial charge in [0.05, 0.1) is 0 Å². The van der Waals surface area contributed by atoms with Gasteiger partial charge < -0.3 is 5.11 Å². The van der Waals surface area contributed by atoms with Gasteiger partial charge in [0.15, 0.2) is 0 Å². The standard InChI is InChI=1S/C13H25NO2/c1-5-10(3)11(4)14-9-7-8-13(14,6-2)12(15)16/h10-11H,5-9H2,1-4H3,(H,15,16). The van der Waals surface area contributed by atoms with Gasteiger partial charge in [0, 0.05) is 6.04 Å². The molecule has 0 spiro atoms. The van der Waals surface area contributed by atoms with Crippen molar-refractivity contribution in [3.8, 4) is 0 Å². The van der Waals surface area contributed by atoms with Crippen LogP contribution < -0.4 is 0 Å². The van der Waals surface area contributed by atoms with Crippen LogP contribution in [0.5, 0.6) is 0 Å². The molecule has 1 aliphatic heterocycles. The molecule has 3 heteroatoms. The molecule has 94 valence electrons. The van der Waals surface area contributed by atoms with Crippen molar-refractivity contribution < 1.29 is 9.90 Å². The molecule has 0 radical (unpaired) electrons. The van der Waals surface area contributed by atoms with E-state index in [0.29, 0.717) is 18.4 Å². The molecule has 1 aliphatic rings. The predicted molar refractivity (Wildman–Crippen MR) is 65.5 cm³/mol. The number of carboxylic acids is 1. The van der Waals surface area contributed by atoms with Gasteiger partial charge in [-0.25, -0.2) is 0 Å². The third-order valence-electron chi connectivity index (χ3n) is 4.48. The van der Waals surface area contributed by atoms with Crippen LogP contribution in [0.25, 0.3) is 0 Å². The van der Waals surface area contributed by atoms with Crippen LogP contribution in [0.15, 0.2) is 0 Å². The number of rotatable bonds is 5. The maximum absolute atomic E-state index is 11.5. The van der Waals surface area contributed by atoms with E-state index in [1.807, 2.05) is 6.92 Å². The second-order valence-electron chi connectivity index (χ2n) is 5.11. The van der Waals surface area contributed by atoms with Crippen molar-refractivity contribution in [2.45, 2.75) is 65.0 Å². The zero-order valence-corrected chi connectivity index (χ0v) is 11.0. The second kappa shape index (κ2) is 5.17. The van der Waals surface area contributed by atoms with Gasteiger partial charge in [0.25, 0.3) is 0 Å². The molecule has 3 atom stereocenters. The van der Waals surface area contributed by atoms with Gasteiger partial charge >= 0.3 is 5.97 Å². The summed E-state index contributed by atoms with van der Waals surface area (Å²) in [6.07, 6.45) is 3.64. The summed E-state index contributed by atoms with van der Waals surface area (Å²) in [7, 11) is 0. The van der Waals surface area contributed by atoms with Crippen molar-refractivity contribution in [2.75, 3.05) is 6.54 Å². The summed E-state index contributed by atoms with van der Waals surface area (Å²) in [5, 5.41) is 9.50. The summed E-state index contributed by atoms with van der Waals surface area (Å²) in [6, 6.07) is 0.364. The first-order chi connectivity index (χ1) is 7.49. The highest BCUT2D eigenvalue weighted by molar-refractivity contribution is 5.79. The van der Waals surface area contributed by atoms with Crippen LogP contribution in [0, 0.1) is 5.92 Å². The quantitative estimate of drug-likeness (QED) is 0.785. The Morgan fingerprint density at radius 3 is 2.50 bits per heavy atom. The molecule has 1 N–H and O–H groups in total. The van der Waals surface area contributed by atoms with E-state index < -0.39 is 11.5 Å². The second-order valence-corrected chi connectivity index (χ2v) is 5.11.